The van der Waals surface area contributed by atoms with Crippen molar-refractivity contribution in [3.05, 3.63) is 40.8 Å². The van der Waals surface area contributed by atoms with Crippen molar-refractivity contribution in [3.63, 3.8) is 0 Å². The number of para-hydroxylation sites is 1. The second-order valence-corrected chi connectivity index (χ2v) is 8.23. The number of aliphatic imine (C=N–C) groups is 1. The van der Waals surface area contributed by atoms with E-state index >= 15 is 0 Å². The maximum atomic E-state index is 11.9. The van der Waals surface area contributed by atoms with Crippen LogP contribution < -0.4 is 0 Å². The number of amidine groups is 1. The van der Waals surface area contributed by atoms with Gasteiger partial charge in [0.15, 0.2) is 5.69 Å². The molecule has 0 fully saturated rings. The highest BCUT2D eigenvalue weighted by Gasteiger charge is 2.32. The molecule has 2 aliphatic rings. The van der Waals surface area contributed by atoms with Crippen LogP contribution in [0.1, 0.15) is 26.3 Å². The van der Waals surface area contributed by atoms with Crippen LogP contribution in [0, 0.1) is 0 Å². The van der Waals surface area contributed by atoms with E-state index < -0.39 is 17.4 Å². The molecular weight excluding hydrogens is 392 g/mol. The number of hydrogen-bond donors (Lipinski definition) is 1. The maximum Gasteiger partial charge on any atom is 0.331 e. The summed E-state index contributed by atoms with van der Waals surface area (Å²) < 4.78 is 6.35. The average molecular weight is 410 g/mol. The lowest BCUT2D eigenvalue weighted by atomic mass is 9.92. The van der Waals surface area contributed by atoms with E-state index in [1.807, 2.05) is 43.5 Å². The van der Waals surface area contributed by atoms with E-state index in [1.165, 1.54) is 7.11 Å². The second kappa shape index (κ2) is 6.70. The SMILES string of the molecule is COC(=O)C=C1SC(N=Nc2c(O)n3c4c(cccc24)C(C)=CC3(C)C)=NC1=O. The molecule has 0 radical (unpaired) electrons. The molecule has 29 heavy (non-hydrogen) atoms. The molecule has 1 amide bonds. The molecule has 9 heteroatoms. The number of carbonyl (C=O) groups excluding carboxylic acids is 2. The number of hydrogen-bond acceptors (Lipinski definition) is 7. The summed E-state index contributed by atoms with van der Waals surface area (Å²) in [6.45, 7) is 6.05. The van der Waals surface area contributed by atoms with Gasteiger partial charge in [0, 0.05) is 17.0 Å². The number of aromatic hydroxyl groups is 1. The van der Waals surface area contributed by atoms with Crippen LogP contribution in [0.3, 0.4) is 0 Å². The van der Waals surface area contributed by atoms with Crippen molar-refractivity contribution >= 4 is 51.0 Å². The Labute approximate surface area is 170 Å². The summed E-state index contributed by atoms with van der Waals surface area (Å²) >= 11 is 0.923. The van der Waals surface area contributed by atoms with Gasteiger partial charge in [0.25, 0.3) is 5.91 Å². The number of amides is 1. The lowest BCUT2D eigenvalue weighted by Gasteiger charge is -2.30. The van der Waals surface area contributed by atoms with Crippen LogP contribution in [0.5, 0.6) is 5.88 Å². The van der Waals surface area contributed by atoms with Gasteiger partial charge in [-0.15, -0.1) is 10.2 Å². The van der Waals surface area contributed by atoms with Crippen LogP contribution >= 0.6 is 11.8 Å². The summed E-state index contributed by atoms with van der Waals surface area (Å²) in [7, 11) is 1.22. The Balaban J connectivity index is 1.76. The van der Waals surface area contributed by atoms with E-state index in [1.54, 1.807) is 0 Å². The lowest BCUT2D eigenvalue weighted by molar-refractivity contribution is -0.135. The minimum absolute atomic E-state index is 0.00907. The first-order valence-electron chi connectivity index (χ1n) is 8.82. The minimum Gasteiger partial charge on any atom is -0.493 e. The Hall–Kier alpha value is -3.20. The number of thioether (sulfide) groups is 1. The van der Waals surface area contributed by atoms with E-state index in [4.69, 9.17) is 0 Å². The molecule has 0 aliphatic carbocycles. The second-order valence-electron chi connectivity index (χ2n) is 7.22. The van der Waals surface area contributed by atoms with Crippen LogP contribution in [-0.4, -0.2) is 33.8 Å². The Kier molecular flexibility index (Phi) is 4.42. The van der Waals surface area contributed by atoms with Gasteiger partial charge in [-0.3, -0.25) is 4.79 Å². The molecule has 3 heterocycles. The van der Waals surface area contributed by atoms with Crippen molar-refractivity contribution in [1.29, 1.82) is 0 Å². The smallest absolute Gasteiger partial charge is 0.331 e. The Morgan fingerprint density at radius 1 is 1.34 bits per heavy atom. The van der Waals surface area contributed by atoms with Gasteiger partial charge in [-0.1, -0.05) is 24.3 Å². The zero-order valence-corrected chi connectivity index (χ0v) is 17.1. The molecule has 0 atom stereocenters. The fraction of sp³-hybridized carbons (Fsp3) is 0.250. The molecule has 1 N–H and O–H groups in total. The average Bonchev–Trinajstić information content (AvgIpc) is 3.15. The Morgan fingerprint density at radius 3 is 2.83 bits per heavy atom. The summed E-state index contributed by atoms with van der Waals surface area (Å²) in [5, 5.41) is 20.0. The van der Waals surface area contributed by atoms with Crippen LogP contribution in [-0.2, 0) is 19.9 Å². The van der Waals surface area contributed by atoms with Crippen molar-refractivity contribution in [1.82, 2.24) is 4.57 Å². The van der Waals surface area contributed by atoms with Crippen LogP contribution in [0.4, 0.5) is 5.69 Å². The van der Waals surface area contributed by atoms with Crippen molar-refractivity contribution in [2.75, 3.05) is 7.11 Å². The van der Waals surface area contributed by atoms with Crippen molar-refractivity contribution < 1.29 is 19.4 Å². The molecule has 1 aromatic carbocycles. The van der Waals surface area contributed by atoms with Gasteiger partial charge in [0.2, 0.25) is 11.0 Å². The van der Waals surface area contributed by atoms with Gasteiger partial charge < -0.3 is 14.4 Å². The van der Waals surface area contributed by atoms with Crippen LogP contribution in [0.15, 0.2) is 50.5 Å². The van der Waals surface area contributed by atoms with Gasteiger partial charge in [-0.2, -0.15) is 4.99 Å². The molecule has 0 unspecified atom stereocenters. The fourth-order valence-corrected chi connectivity index (χ4v) is 4.35. The molecule has 0 bridgehead atoms. The first-order valence-corrected chi connectivity index (χ1v) is 9.63. The Bertz CT molecular complexity index is 1200. The van der Waals surface area contributed by atoms with Gasteiger partial charge in [-0.05, 0) is 38.1 Å². The van der Waals surface area contributed by atoms with E-state index in [9.17, 15) is 14.7 Å². The zero-order chi connectivity index (χ0) is 20.9. The number of carbonyl (C=O) groups is 2. The number of benzene rings is 1. The topological polar surface area (TPSA) is 106 Å². The highest BCUT2D eigenvalue weighted by atomic mass is 32.2. The summed E-state index contributed by atoms with van der Waals surface area (Å²) in [5.74, 6) is -1.24. The molecule has 8 nitrogen and oxygen atoms in total. The fourth-order valence-electron chi connectivity index (χ4n) is 3.66. The van der Waals surface area contributed by atoms with E-state index in [-0.39, 0.29) is 16.0 Å². The molecule has 0 spiro atoms. The van der Waals surface area contributed by atoms with E-state index in [0.717, 1.165) is 39.9 Å². The molecule has 2 aromatic rings. The molecule has 0 saturated heterocycles. The first-order chi connectivity index (χ1) is 13.7. The summed E-state index contributed by atoms with van der Waals surface area (Å²) in [4.78, 5) is 27.1. The number of ether oxygens (including phenoxy) is 1. The number of rotatable bonds is 2. The highest BCUT2D eigenvalue weighted by molar-refractivity contribution is 8.18. The standard InChI is InChI=1S/C20H18N4O4S/c1-10-9-20(2,3)24-16-11(10)6-5-7-12(16)15(18(24)27)22-23-19-21-17(26)13(29-19)8-14(25)28-4/h5-9,27H,1-4H3. The van der Waals surface area contributed by atoms with Gasteiger partial charge in [0.1, 0.15) is 0 Å². The van der Waals surface area contributed by atoms with Crippen molar-refractivity contribution in [2.24, 2.45) is 15.2 Å². The summed E-state index contributed by atoms with van der Waals surface area (Å²) in [6, 6.07) is 5.77. The third kappa shape index (κ3) is 3.07. The molecule has 0 saturated carbocycles. The minimum atomic E-state index is -0.647. The van der Waals surface area contributed by atoms with Gasteiger partial charge >= 0.3 is 5.97 Å². The molecule has 148 valence electrons. The number of azo groups is 1. The summed E-state index contributed by atoms with van der Waals surface area (Å²) in [5.41, 5.74) is 2.88. The van der Waals surface area contributed by atoms with Crippen LogP contribution in [0.25, 0.3) is 16.5 Å². The van der Waals surface area contributed by atoms with Crippen LogP contribution in [0.2, 0.25) is 0 Å². The van der Waals surface area contributed by atoms with Gasteiger partial charge in [-0.25, -0.2) is 4.79 Å². The van der Waals surface area contributed by atoms with E-state index in [2.05, 4.69) is 26.0 Å². The number of methoxy groups -OCH3 is 1. The highest BCUT2D eigenvalue weighted by Crippen LogP contribution is 2.48. The molecular formula is C20H18N4O4S. The van der Waals surface area contributed by atoms with Gasteiger partial charge in [0.05, 0.1) is 23.1 Å². The lowest BCUT2D eigenvalue weighted by Crippen LogP contribution is -2.26. The third-order valence-corrected chi connectivity index (χ3v) is 5.67. The number of allylic oxidation sites excluding steroid dienone is 2. The normalized spacial score (nSPS) is 19.2. The predicted octanol–water partition coefficient (Wildman–Crippen LogP) is 4.27. The number of esters is 1. The molecule has 2 aliphatic heterocycles. The quantitative estimate of drug-likeness (QED) is 0.452. The monoisotopic (exact) mass is 410 g/mol. The number of aromatic nitrogens is 1. The zero-order valence-electron chi connectivity index (χ0n) is 16.3. The molecule has 4 rings (SSSR count). The largest absolute Gasteiger partial charge is 0.493 e. The van der Waals surface area contributed by atoms with Crippen molar-refractivity contribution in [2.45, 2.75) is 26.3 Å². The maximum absolute atomic E-state index is 11.9. The van der Waals surface area contributed by atoms with E-state index in [0.29, 0.717) is 5.69 Å². The third-order valence-electron chi connectivity index (χ3n) is 4.80. The number of nitrogens with zero attached hydrogens (tertiary/aromatic N) is 4. The Morgan fingerprint density at radius 2 is 2.10 bits per heavy atom. The predicted molar refractivity (Wildman–Crippen MR) is 111 cm³/mol. The first kappa shape index (κ1) is 19.1. The van der Waals surface area contributed by atoms with Crippen molar-refractivity contribution in [3.8, 4) is 5.88 Å². The molecule has 1 aromatic heterocycles. The summed E-state index contributed by atoms with van der Waals surface area (Å²) in [6.07, 6.45) is 3.16.